The number of hydrogen-bond acceptors (Lipinski definition) is 3. The first kappa shape index (κ1) is 24.5. The largest absolute Gasteiger partial charge is 0.355 e. The van der Waals surface area contributed by atoms with Crippen LogP contribution in [0, 0.1) is 5.92 Å². The first-order valence-electron chi connectivity index (χ1n) is 11.8. The lowest BCUT2D eigenvalue weighted by molar-refractivity contribution is -0.126. The molecule has 1 heterocycles. The highest BCUT2D eigenvalue weighted by Gasteiger charge is 2.29. The second kappa shape index (κ2) is 11.7. The third kappa shape index (κ3) is 6.70. The van der Waals surface area contributed by atoms with Crippen LogP contribution in [0.1, 0.15) is 39.1 Å². The van der Waals surface area contributed by atoms with Gasteiger partial charge in [0.2, 0.25) is 5.91 Å². The number of nitrogens with one attached hydrogen (secondary N) is 2. The van der Waals surface area contributed by atoms with Crippen molar-refractivity contribution in [3.8, 4) is 0 Å². The highest BCUT2D eigenvalue weighted by atomic mass is 35.5. The summed E-state index contributed by atoms with van der Waals surface area (Å²) in [5.41, 5.74) is 2.66. The van der Waals surface area contributed by atoms with Crippen molar-refractivity contribution < 1.29 is 14.4 Å². The quantitative estimate of drug-likeness (QED) is 0.500. The van der Waals surface area contributed by atoms with E-state index in [1.165, 1.54) is 5.56 Å². The van der Waals surface area contributed by atoms with Gasteiger partial charge in [-0.15, -0.1) is 0 Å². The van der Waals surface area contributed by atoms with Crippen molar-refractivity contribution in [2.75, 3.05) is 25.0 Å². The van der Waals surface area contributed by atoms with Gasteiger partial charge in [-0.1, -0.05) is 48.0 Å². The minimum atomic E-state index is -0.281. The Hall–Kier alpha value is -3.64. The van der Waals surface area contributed by atoms with E-state index in [0.717, 1.165) is 19.3 Å². The summed E-state index contributed by atoms with van der Waals surface area (Å²) < 4.78 is 0. The Kier molecular flexibility index (Phi) is 8.16. The topological polar surface area (TPSA) is 78.5 Å². The van der Waals surface area contributed by atoms with Crippen LogP contribution >= 0.6 is 11.6 Å². The Labute approximate surface area is 210 Å². The summed E-state index contributed by atoms with van der Waals surface area (Å²) in [7, 11) is 0. The number of anilines is 1. The van der Waals surface area contributed by atoms with Gasteiger partial charge in [0, 0.05) is 41.5 Å². The van der Waals surface area contributed by atoms with Crippen molar-refractivity contribution in [3.63, 3.8) is 0 Å². The van der Waals surface area contributed by atoms with Crippen LogP contribution in [-0.2, 0) is 11.2 Å². The van der Waals surface area contributed by atoms with Crippen LogP contribution in [0.15, 0.2) is 78.9 Å². The number of carbonyl (C=O) groups excluding carboxylic acids is 3. The molecule has 0 spiro atoms. The van der Waals surface area contributed by atoms with Gasteiger partial charge in [0.1, 0.15) is 0 Å². The molecule has 1 saturated heterocycles. The lowest BCUT2D eigenvalue weighted by Crippen LogP contribution is -2.45. The second-order valence-corrected chi connectivity index (χ2v) is 9.10. The molecule has 0 unspecified atom stereocenters. The Morgan fingerprint density at radius 2 is 1.69 bits per heavy atom. The van der Waals surface area contributed by atoms with E-state index >= 15 is 0 Å². The summed E-state index contributed by atoms with van der Waals surface area (Å²) in [5.74, 6) is -0.662. The second-order valence-electron chi connectivity index (χ2n) is 8.66. The van der Waals surface area contributed by atoms with E-state index in [1.54, 1.807) is 53.4 Å². The van der Waals surface area contributed by atoms with Gasteiger partial charge in [-0.3, -0.25) is 14.4 Å². The Balaban J connectivity index is 1.33. The van der Waals surface area contributed by atoms with E-state index in [0.29, 0.717) is 41.5 Å². The van der Waals surface area contributed by atoms with E-state index in [-0.39, 0.29) is 23.6 Å². The molecule has 1 aliphatic heterocycles. The average Bonchev–Trinajstić information content (AvgIpc) is 2.89. The number of nitrogens with zero attached hydrogens (tertiary/aromatic N) is 1. The van der Waals surface area contributed by atoms with Gasteiger partial charge >= 0.3 is 0 Å². The van der Waals surface area contributed by atoms with Crippen LogP contribution in [0.3, 0.4) is 0 Å². The molecule has 3 amide bonds. The molecule has 1 atom stereocenters. The number of hydrogen-bond donors (Lipinski definition) is 2. The number of benzene rings is 3. The zero-order valence-corrected chi connectivity index (χ0v) is 20.1. The average molecular weight is 490 g/mol. The van der Waals surface area contributed by atoms with Gasteiger partial charge in [0.25, 0.3) is 11.8 Å². The number of rotatable bonds is 7. The minimum absolute atomic E-state index is 0.0117. The molecule has 0 aromatic heterocycles. The summed E-state index contributed by atoms with van der Waals surface area (Å²) in [6, 6.07) is 23.5. The highest BCUT2D eigenvalue weighted by Crippen LogP contribution is 2.21. The maximum Gasteiger partial charge on any atom is 0.255 e. The van der Waals surface area contributed by atoms with E-state index in [1.807, 2.05) is 30.3 Å². The standard InChI is InChI=1S/C28H28ClN3O3/c29-24-13-11-21(12-14-24)27(34)31-25-10-4-8-22(18-25)28(35)32-17-5-9-23(19-32)26(33)30-16-15-20-6-2-1-3-7-20/h1-4,6-8,10-14,18,23H,5,9,15-17,19H2,(H,30,33)(H,31,34)/t23-/m1/s1. The number of amides is 3. The molecule has 180 valence electrons. The molecule has 7 heteroatoms. The normalized spacial score (nSPS) is 15.3. The molecule has 0 bridgehead atoms. The molecule has 1 aliphatic rings. The molecule has 2 N–H and O–H groups in total. The highest BCUT2D eigenvalue weighted by molar-refractivity contribution is 6.30. The Morgan fingerprint density at radius 3 is 2.46 bits per heavy atom. The first-order chi connectivity index (χ1) is 17.0. The van der Waals surface area contributed by atoms with Crippen LogP contribution in [0.25, 0.3) is 0 Å². The monoisotopic (exact) mass is 489 g/mol. The maximum absolute atomic E-state index is 13.2. The van der Waals surface area contributed by atoms with Gasteiger partial charge < -0.3 is 15.5 Å². The van der Waals surface area contributed by atoms with E-state index in [4.69, 9.17) is 11.6 Å². The molecule has 35 heavy (non-hydrogen) atoms. The van der Waals surface area contributed by atoms with Crippen molar-refractivity contribution >= 4 is 35.0 Å². The molecule has 0 radical (unpaired) electrons. The molecule has 4 rings (SSSR count). The number of carbonyl (C=O) groups is 3. The molecule has 3 aromatic carbocycles. The van der Waals surface area contributed by atoms with Crippen molar-refractivity contribution in [1.82, 2.24) is 10.2 Å². The minimum Gasteiger partial charge on any atom is -0.355 e. The predicted molar refractivity (Wildman–Crippen MR) is 138 cm³/mol. The molecule has 1 fully saturated rings. The van der Waals surface area contributed by atoms with Crippen molar-refractivity contribution in [3.05, 3.63) is 101 Å². The van der Waals surface area contributed by atoms with E-state index in [2.05, 4.69) is 10.6 Å². The summed E-state index contributed by atoms with van der Waals surface area (Å²) in [6.07, 6.45) is 2.31. The summed E-state index contributed by atoms with van der Waals surface area (Å²) in [6.45, 7) is 1.56. The molecular formula is C28H28ClN3O3. The van der Waals surface area contributed by atoms with Crippen LogP contribution in [0.4, 0.5) is 5.69 Å². The molecule has 3 aromatic rings. The summed E-state index contributed by atoms with van der Waals surface area (Å²) in [4.78, 5) is 40.1. The molecule has 0 saturated carbocycles. The Morgan fingerprint density at radius 1 is 0.914 bits per heavy atom. The van der Waals surface area contributed by atoms with Gasteiger partial charge in [-0.25, -0.2) is 0 Å². The number of piperidine rings is 1. The van der Waals surface area contributed by atoms with E-state index < -0.39 is 0 Å². The molecule has 0 aliphatic carbocycles. The predicted octanol–water partition coefficient (Wildman–Crippen LogP) is 4.80. The number of likely N-dealkylation sites (tertiary alicyclic amines) is 1. The fourth-order valence-electron chi connectivity index (χ4n) is 4.21. The fraction of sp³-hybridized carbons (Fsp3) is 0.250. The van der Waals surface area contributed by atoms with Gasteiger partial charge in [-0.2, -0.15) is 0 Å². The lowest BCUT2D eigenvalue weighted by Gasteiger charge is -2.32. The van der Waals surface area contributed by atoms with Crippen LogP contribution in [0.5, 0.6) is 0 Å². The van der Waals surface area contributed by atoms with Crippen molar-refractivity contribution in [2.45, 2.75) is 19.3 Å². The molecular weight excluding hydrogens is 462 g/mol. The van der Waals surface area contributed by atoms with Gasteiger partial charge in [0.15, 0.2) is 0 Å². The van der Waals surface area contributed by atoms with Crippen LogP contribution in [-0.4, -0.2) is 42.3 Å². The smallest absolute Gasteiger partial charge is 0.255 e. The van der Waals surface area contributed by atoms with E-state index in [9.17, 15) is 14.4 Å². The number of halogens is 1. The van der Waals surface area contributed by atoms with Crippen molar-refractivity contribution in [2.24, 2.45) is 5.92 Å². The SMILES string of the molecule is O=C(Nc1cccc(C(=O)N2CCC[C@@H](C(=O)NCCc3ccccc3)C2)c1)c1ccc(Cl)cc1. The third-order valence-electron chi connectivity index (χ3n) is 6.11. The molecule has 6 nitrogen and oxygen atoms in total. The summed E-state index contributed by atoms with van der Waals surface area (Å²) >= 11 is 5.89. The fourth-order valence-corrected chi connectivity index (χ4v) is 4.34. The van der Waals surface area contributed by atoms with Gasteiger partial charge in [0.05, 0.1) is 5.92 Å². The lowest BCUT2D eigenvalue weighted by atomic mass is 9.96. The third-order valence-corrected chi connectivity index (χ3v) is 6.36. The maximum atomic E-state index is 13.2. The zero-order valence-electron chi connectivity index (χ0n) is 19.4. The van der Waals surface area contributed by atoms with Crippen LogP contribution < -0.4 is 10.6 Å². The summed E-state index contributed by atoms with van der Waals surface area (Å²) in [5, 5.41) is 6.39. The first-order valence-corrected chi connectivity index (χ1v) is 12.2. The van der Waals surface area contributed by atoms with Crippen molar-refractivity contribution in [1.29, 1.82) is 0 Å². The Bertz CT molecular complexity index is 1180. The van der Waals surface area contributed by atoms with Gasteiger partial charge in [-0.05, 0) is 67.3 Å². The van der Waals surface area contributed by atoms with Crippen LogP contribution in [0.2, 0.25) is 5.02 Å². The zero-order chi connectivity index (χ0) is 24.6.